The van der Waals surface area contributed by atoms with Crippen molar-refractivity contribution in [3.05, 3.63) is 0 Å². The van der Waals surface area contributed by atoms with Gasteiger partial charge in [0.25, 0.3) is 0 Å². The molecule has 1 fully saturated rings. The van der Waals surface area contributed by atoms with Crippen molar-refractivity contribution in [2.75, 3.05) is 52.4 Å². The summed E-state index contributed by atoms with van der Waals surface area (Å²) in [5, 5.41) is 3.56. The molecule has 0 spiro atoms. The predicted octanol–water partition coefficient (Wildman–Crippen LogP) is 2.29. The fraction of sp³-hybridized carbons (Fsp3) is 1.00. The summed E-state index contributed by atoms with van der Waals surface area (Å²) in [6.45, 7) is 21.4. The molecule has 1 heterocycles. The molecular formula is C16H35N3. The zero-order valence-corrected chi connectivity index (χ0v) is 13.8. The van der Waals surface area contributed by atoms with Crippen molar-refractivity contribution in [1.29, 1.82) is 0 Å². The third-order valence-corrected chi connectivity index (χ3v) is 3.77. The molecule has 0 radical (unpaired) electrons. The Morgan fingerprint density at radius 1 is 1.05 bits per heavy atom. The van der Waals surface area contributed by atoms with Crippen molar-refractivity contribution in [3.63, 3.8) is 0 Å². The van der Waals surface area contributed by atoms with Gasteiger partial charge in [-0.05, 0) is 24.3 Å². The van der Waals surface area contributed by atoms with Crippen LogP contribution in [0.25, 0.3) is 0 Å². The van der Waals surface area contributed by atoms with Crippen LogP contribution < -0.4 is 5.32 Å². The van der Waals surface area contributed by atoms with Gasteiger partial charge in [0.05, 0.1) is 0 Å². The number of nitrogens with one attached hydrogen (secondary N) is 1. The van der Waals surface area contributed by atoms with E-state index in [1.807, 2.05) is 0 Å². The standard InChI is InChI=1S/C16H35N3/c1-6-7-17-13-16(4,5)14-19-10-8-18(9-11-19)12-15(2)3/h15,17H,6-14H2,1-5H3. The van der Waals surface area contributed by atoms with E-state index in [0.717, 1.165) is 19.0 Å². The van der Waals surface area contributed by atoms with E-state index in [2.05, 4.69) is 49.7 Å². The average molecular weight is 269 g/mol. The van der Waals surface area contributed by atoms with E-state index in [4.69, 9.17) is 0 Å². The Balaban J connectivity index is 2.23. The second-order valence-electron chi connectivity index (χ2n) is 7.31. The zero-order chi connectivity index (χ0) is 14.3. The minimum absolute atomic E-state index is 0.384. The number of hydrogen-bond acceptors (Lipinski definition) is 3. The summed E-state index contributed by atoms with van der Waals surface area (Å²) in [6.07, 6.45) is 1.23. The van der Waals surface area contributed by atoms with Gasteiger partial charge in [0.2, 0.25) is 0 Å². The van der Waals surface area contributed by atoms with Crippen LogP contribution in [0, 0.1) is 11.3 Å². The van der Waals surface area contributed by atoms with E-state index in [1.54, 1.807) is 0 Å². The molecule has 0 atom stereocenters. The van der Waals surface area contributed by atoms with E-state index in [-0.39, 0.29) is 0 Å². The van der Waals surface area contributed by atoms with Crippen LogP contribution in [0.3, 0.4) is 0 Å². The van der Waals surface area contributed by atoms with E-state index in [0.29, 0.717) is 5.41 Å². The Morgan fingerprint density at radius 3 is 2.16 bits per heavy atom. The lowest BCUT2D eigenvalue weighted by molar-refractivity contribution is 0.0901. The summed E-state index contributed by atoms with van der Waals surface area (Å²) in [6, 6.07) is 0. The van der Waals surface area contributed by atoms with Gasteiger partial charge in [-0.15, -0.1) is 0 Å². The second-order valence-corrected chi connectivity index (χ2v) is 7.31. The quantitative estimate of drug-likeness (QED) is 0.682. The van der Waals surface area contributed by atoms with Gasteiger partial charge in [-0.1, -0.05) is 34.6 Å². The molecule has 1 aliphatic rings. The first kappa shape index (κ1) is 16.9. The molecule has 114 valence electrons. The fourth-order valence-corrected chi connectivity index (χ4v) is 2.91. The molecule has 0 amide bonds. The Bertz CT molecular complexity index is 230. The number of nitrogens with zero attached hydrogens (tertiary/aromatic N) is 2. The SMILES string of the molecule is CCCNCC(C)(C)CN1CCN(CC(C)C)CC1. The first-order valence-corrected chi connectivity index (χ1v) is 8.08. The Kier molecular flexibility index (Phi) is 7.33. The van der Waals surface area contributed by atoms with Crippen LogP contribution in [0.2, 0.25) is 0 Å². The van der Waals surface area contributed by atoms with Crippen LogP contribution in [0.15, 0.2) is 0 Å². The summed E-state index contributed by atoms with van der Waals surface area (Å²) < 4.78 is 0. The smallest absolute Gasteiger partial charge is 0.0110 e. The van der Waals surface area contributed by atoms with Gasteiger partial charge in [0, 0.05) is 45.8 Å². The molecule has 19 heavy (non-hydrogen) atoms. The monoisotopic (exact) mass is 269 g/mol. The Hall–Kier alpha value is -0.120. The van der Waals surface area contributed by atoms with Crippen molar-refractivity contribution >= 4 is 0 Å². The third-order valence-electron chi connectivity index (χ3n) is 3.77. The molecule has 1 N–H and O–H groups in total. The highest BCUT2D eigenvalue weighted by Crippen LogP contribution is 2.17. The van der Waals surface area contributed by atoms with Gasteiger partial charge in [0.15, 0.2) is 0 Å². The fourth-order valence-electron chi connectivity index (χ4n) is 2.91. The predicted molar refractivity (Wildman–Crippen MR) is 84.7 cm³/mol. The van der Waals surface area contributed by atoms with Crippen molar-refractivity contribution in [3.8, 4) is 0 Å². The van der Waals surface area contributed by atoms with Crippen LogP contribution in [0.1, 0.15) is 41.0 Å². The number of piperazine rings is 1. The van der Waals surface area contributed by atoms with Crippen molar-refractivity contribution in [1.82, 2.24) is 15.1 Å². The maximum absolute atomic E-state index is 3.56. The molecule has 0 aromatic heterocycles. The zero-order valence-electron chi connectivity index (χ0n) is 13.8. The minimum Gasteiger partial charge on any atom is -0.316 e. The molecule has 0 aromatic carbocycles. The molecule has 1 rings (SSSR count). The van der Waals surface area contributed by atoms with E-state index >= 15 is 0 Å². The maximum atomic E-state index is 3.56. The summed E-state index contributed by atoms with van der Waals surface area (Å²) in [5.41, 5.74) is 0.384. The van der Waals surface area contributed by atoms with Crippen LogP contribution in [-0.4, -0.2) is 62.2 Å². The largest absolute Gasteiger partial charge is 0.316 e. The summed E-state index contributed by atoms with van der Waals surface area (Å²) in [7, 11) is 0. The third kappa shape index (κ3) is 7.28. The molecule has 3 nitrogen and oxygen atoms in total. The van der Waals surface area contributed by atoms with Gasteiger partial charge in [-0.3, -0.25) is 0 Å². The molecule has 0 aromatic rings. The topological polar surface area (TPSA) is 18.5 Å². The van der Waals surface area contributed by atoms with Crippen LogP contribution >= 0.6 is 0 Å². The van der Waals surface area contributed by atoms with Crippen LogP contribution in [0.4, 0.5) is 0 Å². The Labute approximate surface area is 120 Å². The average Bonchev–Trinajstić information content (AvgIpc) is 2.31. The summed E-state index contributed by atoms with van der Waals surface area (Å²) in [5.74, 6) is 0.793. The summed E-state index contributed by atoms with van der Waals surface area (Å²) in [4.78, 5) is 5.26. The van der Waals surface area contributed by atoms with Crippen molar-refractivity contribution in [2.45, 2.75) is 41.0 Å². The highest BCUT2D eigenvalue weighted by Gasteiger charge is 2.24. The number of rotatable bonds is 8. The van der Waals surface area contributed by atoms with Gasteiger partial charge in [-0.25, -0.2) is 0 Å². The lowest BCUT2D eigenvalue weighted by atomic mass is 9.92. The highest BCUT2D eigenvalue weighted by atomic mass is 15.3. The summed E-state index contributed by atoms with van der Waals surface area (Å²) >= 11 is 0. The van der Waals surface area contributed by atoms with E-state index < -0.39 is 0 Å². The molecule has 0 bridgehead atoms. The lowest BCUT2D eigenvalue weighted by Gasteiger charge is -2.39. The highest BCUT2D eigenvalue weighted by molar-refractivity contribution is 4.80. The molecule has 1 aliphatic heterocycles. The van der Waals surface area contributed by atoms with E-state index in [9.17, 15) is 0 Å². The van der Waals surface area contributed by atoms with E-state index in [1.165, 1.54) is 45.7 Å². The first-order valence-electron chi connectivity index (χ1n) is 8.08. The lowest BCUT2D eigenvalue weighted by Crippen LogP contribution is -2.51. The van der Waals surface area contributed by atoms with Gasteiger partial charge in [0.1, 0.15) is 0 Å². The molecule has 0 saturated carbocycles. The minimum atomic E-state index is 0.384. The Morgan fingerprint density at radius 2 is 1.63 bits per heavy atom. The van der Waals surface area contributed by atoms with Gasteiger partial charge >= 0.3 is 0 Å². The normalized spacial score (nSPS) is 19.3. The molecule has 1 saturated heterocycles. The number of hydrogen-bond donors (Lipinski definition) is 1. The van der Waals surface area contributed by atoms with Crippen LogP contribution in [-0.2, 0) is 0 Å². The van der Waals surface area contributed by atoms with Crippen molar-refractivity contribution in [2.24, 2.45) is 11.3 Å². The van der Waals surface area contributed by atoms with Gasteiger partial charge < -0.3 is 15.1 Å². The van der Waals surface area contributed by atoms with Crippen molar-refractivity contribution < 1.29 is 0 Å². The van der Waals surface area contributed by atoms with Crippen LogP contribution in [0.5, 0.6) is 0 Å². The molecule has 0 aliphatic carbocycles. The maximum Gasteiger partial charge on any atom is 0.0110 e. The molecule has 3 heteroatoms. The first-order chi connectivity index (χ1) is 8.93. The molecular weight excluding hydrogens is 234 g/mol. The molecule has 0 unspecified atom stereocenters. The van der Waals surface area contributed by atoms with Gasteiger partial charge in [-0.2, -0.15) is 0 Å². The second kappa shape index (κ2) is 8.23.